The Balaban J connectivity index is 0.000000151. The van der Waals surface area contributed by atoms with E-state index >= 15 is 0 Å². The first-order chi connectivity index (χ1) is 41.4. The molecule has 2 aliphatic carbocycles. The summed E-state index contributed by atoms with van der Waals surface area (Å²) in [4.78, 5) is 13.4. The molecular weight excluding hydrogens is 1020 g/mol. The summed E-state index contributed by atoms with van der Waals surface area (Å²) in [6, 6.07) is 97.6. The molecule has 85 heavy (non-hydrogen) atoms. The van der Waals surface area contributed by atoms with Crippen molar-refractivity contribution in [2.24, 2.45) is 0 Å². The minimum Gasteiger partial charge on any atom is -0.294 e. The largest absolute Gasteiger partial charge is 0.294 e. The van der Waals surface area contributed by atoms with Gasteiger partial charge in [0.25, 0.3) is 0 Å². The summed E-state index contributed by atoms with van der Waals surface area (Å²) >= 11 is 0. The van der Waals surface area contributed by atoms with Gasteiger partial charge in [-0.05, 0) is 197 Å². The summed E-state index contributed by atoms with van der Waals surface area (Å²) in [7, 11) is 0. The van der Waals surface area contributed by atoms with Gasteiger partial charge in [0, 0.05) is 12.0 Å². The highest BCUT2D eigenvalue weighted by Gasteiger charge is 2.46. The lowest BCUT2D eigenvalue weighted by Gasteiger charge is -2.48. The number of ketones is 1. The zero-order valence-electron chi connectivity index (χ0n) is 49.4. The summed E-state index contributed by atoms with van der Waals surface area (Å²) in [6.07, 6.45) is 2.51. The van der Waals surface area contributed by atoms with Crippen LogP contribution in [-0.4, -0.2) is 5.78 Å². The Labute approximate surface area is 501 Å². The maximum Gasteiger partial charge on any atom is 0.167 e. The quantitative estimate of drug-likeness (QED) is 0.139. The molecule has 0 aliphatic heterocycles. The number of Topliss-reactive ketones (excluding diaryl/α,β-unsaturated/α-hetero) is 1. The molecule has 0 fully saturated rings. The lowest BCUT2D eigenvalue weighted by Crippen LogP contribution is -2.43. The van der Waals surface area contributed by atoms with Crippen LogP contribution in [0.1, 0.15) is 79.7 Å². The third-order valence-corrected chi connectivity index (χ3v) is 19.3. The lowest BCUT2D eigenvalue weighted by atomic mass is 9.55. The van der Waals surface area contributed by atoms with Crippen LogP contribution in [0.25, 0.3) is 121 Å². The molecule has 0 atom stereocenters. The number of hydrogen-bond acceptors (Lipinski definition) is 1. The molecule has 0 N–H and O–H groups in total. The van der Waals surface area contributed by atoms with Crippen LogP contribution < -0.4 is 0 Å². The molecule has 2 aliphatic rings. The average molecular weight is 1090 g/mol. The third-order valence-electron chi connectivity index (χ3n) is 19.3. The first-order valence-corrected chi connectivity index (χ1v) is 30.3. The molecule has 0 bridgehead atoms. The molecule has 0 saturated carbocycles. The highest BCUT2D eigenvalue weighted by atomic mass is 16.1. The van der Waals surface area contributed by atoms with Crippen molar-refractivity contribution in [3.63, 3.8) is 0 Å². The van der Waals surface area contributed by atoms with E-state index in [1.165, 1.54) is 110 Å². The standard InChI is InChI=1S/C42H30O.C42H38/c1-2-27-11-13-28(14-12-27)32-20-22-39-36-21-19-31(23-35(36)26-41(43)40(39)25-32)29-15-17-30(18-16-29)42-37-9-5-3-7-33(37)24-34-8-4-6-10-38(34)42;1-6-28-14-16-29(17-15-28)33-22-24-37-38-25-23-34(27-40(38)42(4,5)41(2,3)39(37)26-33)30-18-20-32(21-19-30)36-13-9-11-31-10-7-8-12-35(31)36/h3-25H,2,26H2,1H3;7-27H,6H2,1-5H3. The molecule has 0 spiro atoms. The molecule has 0 radical (unpaired) electrons. The number of hydrogen-bond donors (Lipinski definition) is 0. The molecule has 15 rings (SSSR count). The smallest absolute Gasteiger partial charge is 0.167 e. The van der Waals surface area contributed by atoms with Gasteiger partial charge in [0.15, 0.2) is 5.78 Å². The molecule has 0 amide bonds. The molecule has 0 aromatic heterocycles. The van der Waals surface area contributed by atoms with Crippen molar-refractivity contribution >= 4 is 38.1 Å². The fourth-order valence-electron chi connectivity index (χ4n) is 13.6. The van der Waals surface area contributed by atoms with Gasteiger partial charge in [-0.3, -0.25) is 4.79 Å². The van der Waals surface area contributed by atoms with Gasteiger partial charge < -0.3 is 0 Å². The van der Waals surface area contributed by atoms with Crippen LogP contribution in [0, 0.1) is 0 Å². The third kappa shape index (κ3) is 9.49. The van der Waals surface area contributed by atoms with Crippen LogP contribution in [-0.2, 0) is 30.1 Å². The SMILES string of the molecule is CCc1ccc(-c2ccc3c(c2)C(=O)Cc2cc(-c4ccc(-c5c6ccccc6cc6ccccc56)cc4)ccc2-3)cc1.CCc1ccc(-c2ccc3c(c2)C(C)(C)C(C)(C)c2cc(-c4ccc(-c5cccc6ccccc56)cc4)ccc2-3)cc1. The Kier molecular flexibility index (Phi) is 13.5. The monoisotopic (exact) mass is 1090 g/mol. The van der Waals surface area contributed by atoms with Gasteiger partial charge in [0.05, 0.1) is 0 Å². The van der Waals surface area contributed by atoms with Gasteiger partial charge in [0.1, 0.15) is 0 Å². The zero-order valence-corrected chi connectivity index (χ0v) is 49.4. The lowest BCUT2D eigenvalue weighted by molar-refractivity contribution is 0.0992. The number of carbonyl (C=O) groups is 1. The van der Waals surface area contributed by atoms with E-state index in [-0.39, 0.29) is 16.6 Å². The molecule has 0 heterocycles. The van der Waals surface area contributed by atoms with E-state index in [0.717, 1.165) is 57.3 Å². The van der Waals surface area contributed by atoms with Crippen molar-refractivity contribution < 1.29 is 4.79 Å². The maximum absolute atomic E-state index is 13.4. The van der Waals surface area contributed by atoms with Crippen LogP contribution in [0.2, 0.25) is 0 Å². The summed E-state index contributed by atoms with van der Waals surface area (Å²) in [5.41, 5.74) is 27.0. The van der Waals surface area contributed by atoms with Crippen molar-refractivity contribution in [1.82, 2.24) is 0 Å². The van der Waals surface area contributed by atoms with E-state index in [2.05, 4.69) is 308 Å². The summed E-state index contributed by atoms with van der Waals surface area (Å²) in [6.45, 7) is 14.1. The number of benzene rings is 13. The maximum atomic E-state index is 13.4. The first kappa shape index (κ1) is 53.3. The minimum atomic E-state index is -0.0427. The van der Waals surface area contributed by atoms with Crippen molar-refractivity contribution in [2.75, 3.05) is 0 Å². The molecule has 410 valence electrons. The number of aryl methyl sites for hydroxylation is 2. The minimum absolute atomic E-state index is 0.0362. The van der Waals surface area contributed by atoms with Gasteiger partial charge >= 0.3 is 0 Å². The molecule has 13 aromatic carbocycles. The van der Waals surface area contributed by atoms with E-state index in [9.17, 15) is 4.79 Å². The fraction of sp³-hybridized carbons (Fsp3) is 0.131. The summed E-state index contributed by atoms with van der Waals surface area (Å²) in [5.74, 6) is 0.185. The van der Waals surface area contributed by atoms with Gasteiger partial charge in [0.2, 0.25) is 0 Å². The van der Waals surface area contributed by atoms with Crippen LogP contribution >= 0.6 is 0 Å². The van der Waals surface area contributed by atoms with Crippen molar-refractivity contribution in [3.05, 3.63) is 300 Å². The summed E-state index contributed by atoms with van der Waals surface area (Å²) in [5, 5.41) is 7.61. The van der Waals surface area contributed by atoms with E-state index in [1.807, 2.05) is 0 Å². The Morgan fingerprint density at radius 3 is 1.20 bits per heavy atom. The highest BCUT2D eigenvalue weighted by Crippen LogP contribution is 2.55. The topological polar surface area (TPSA) is 17.1 Å². The fourth-order valence-corrected chi connectivity index (χ4v) is 13.6. The van der Waals surface area contributed by atoms with Crippen LogP contribution in [0.5, 0.6) is 0 Å². The van der Waals surface area contributed by atoms with E-state index < -0.39 is 0 Å². The molecule has 1 heteroatoms. The predicted octanol–water partition coefficient (Wildman–Crippen LogP) is 22.6. The molecule has 13 aromatic rings. The second-order valence-electron chi connectivity index (χ2n) is 24.5. The number of carbonyl (C=O) groups excluding carboxylic acids is 1. The Hall–Kier alpha value is -9.69. The van der Waals surface area contributed by atoms with Gasteiger partial charge in [-0.25, -0.2) is 0 Å². The van der Waals surface area contributed by atoms with Crippen LogP contribution in [0.4, 0.5) is 0 Å². The first-order valence-electron chi connectivity index (χ1n) is 30.3. The number of rotatable bonds is 8. The molecule has 0 unspecified atom stereocenters. The van der Waals surface area contributed by atoms with Crippen molar-refractivity contribution in [3.8, 4) is 89.0 Å². The Morgan fingerprint density at radius 2 is 0.682 bits per heavy atom. The van der Waals surface area contributed by atoms with Gasteiger partial charge in [-0.2, -0.15) is 0 Å². The van der Waals surface area contributed by atoms with Crippen LogP contribution in [0.15, 0.2) is 267 Å². The Morgan fingerprint density at radius 1 is 0.294 bits per heavy atom. The van der Waals surface area contributed by atoms with Crippen molar-refractivity contribution in [1.29, 1.82) is 0 Å². The molecule has 0 saturated heterocycles. The zero-order chi connectivity index (χ0) is 58.0. The normalized spacial score (nSPS) is 13.6. The van der Waals surface area contributed by atoms with E-state index in [1.54, 1.807) is 0 Å². The van der Waals surface area contributed by atoms with E-state index in [4.69, 9.17) is 0 Å². The predicted molar refractivity (Wildman–Crippen MR) is 362 cm³/mol. The number of fused-ring (bicyclic) bond motifs is 9. The molecular formula is C84H68O. The van der Waals surface area contributed by atoms with Gasteiger partial charge in [-0.15, -0.1) is 0 Å². The van der Waals surface area contributed by atoms with E-state index in [0.29, 0.717) is 6.42 Å². The van der Waals surface area contributed by atoms with Gasteiger partial charge in [-0.1, -0.05) is 284 Å². The average Bonchev–Trinajstić information content (AvgIpc) is 3.66. The Bertz CT molecular complexity index is 4660. The highest BCUT2D eigenvalue weighted by molar-refractivity contribution is 6.13. The summed E-state index contributed by atoms with van der Waals surface area (Å²) < 4.78 is 0. The van der Waals surface area contributed by atoms with Crippen molar-refractivity contribution in [2.45, 2.75) is 71.6 Å². The second kappa shape index (κ2) is 21.5. The van der Waals surface area contributed by atoms with Crippen LogP contribution in [0.3, 0.4) is 0 Å². The second-order valence-corrected chi connectivity index (χ2v) is 24.5. The molecule has 1 nitrogen and oxygen atoms in total.